The van der Waals surface area contributed by atoms with Crippen molar-refractivity contribution in [3.8, 4) is 22.3 Å². The Labute approximate surface area is 293 Å². The second-order valence-corrected chi connectivity index (χ2v) is 13.1. The monoisotopic (exact) mass is 637 g/mol. The van der Waals surface area contributed by atoms with Gasteiger partial charge in [0.1, 0.15) is 0 Å². The molecule has 8 aromatic carbocycles. The number of allylic oxidation sites excluding steroid dienone is 4. The summed E-state index contributed by atoms with van der Waals surface area (Å²) < 4.78 is 0. The van der Waals surface area contributed by atoms with Crippen molar-refractivity contribution in [2.45, 2.75) is 6.92 Å². The van der Waals surface area contributed by atoms with Crippen LogP contribution in [0.25, 0.3) is 76.5 Å². The molecule has 0 aromatic heterocycles. The Balaban J connectivity index is 1.11. The van der Waals surface area contributed by atoms with Gasteiger partial charge in [0, 0.05) is 18.1 Å². The van der Waals surface area contributed by atoms with E-state index in [2.05, 4.69) is 201 Å². The minimum absolute atomic E-state index is 0.939. The van der Waals surface area contributed by atoms with E-state index in [1.807, 2.05) is 0 Å². The van der Waals surface area contributed by atoms with Gasteiger partial charge >= 0.3 is 0 Å². The van der Waals surface area contributed by atoms with Gasteiger partial charge in [0.2, 0.25) is 0 Å². The predicted molar refractivity (Wildman–Crippen MR) is 216 cm³/mol. The van der Waals surface area contributed by atoms with Crippen LogP contribution in [0.2, 0.25) is 0 Å². The number of hydrogen-bond donors (Lipinski definition) is 0. The zero-order valence-electron chi connectivity index (χ0n) is 28.0. The number of benzene rings is 8. The Bertz CT molecular complexity index is 2660. The van der Waals surface area contributed by atoms with Crippen molar-refractivity contribution >= 4 is 54.2 Å². The van der Waals surface area contributed by atoms with Crippen molar-refractivity contribution in [2.75, 3.05) is 0 Å². The third-order valence-corrected chi connectivity index (χ3v) is 10.1. The molecule has 9 rings (SSSR count). The van der Waals surface area contributed by atoms with Gasteiger partial charge in [-0.05, 0) is 107 Å². The van der Waals surface area contributed by atoms with Crippen LogP contribution in [0.5, 0.6) is 0 Å². The maximum atomic E-state index is 4.34. The molecule has 0 N–H and O–H groups in total. The van der Waals surface area contributed by atoms with Crippen LogP contribution in [0, 0.1) is 0 Å². The summed E-state index contributed by atoms with van der Waals surface area (Å²) in [5.41, 5.74) is 10.7. The molecule has 1 heterocycles. The molecule has 0 amide bonds. The van der Waals surface area contributed by atoms with Crippen LogP contribution >= 0.6 is 0 Å². The fraction of sp³-hybridized carbons (Fsp3) is 0.0204. The Hall–Kier alpha value is -6.44. The van der Waals surface area contributed by atoms with Crippen LogP contribution in [0.1, 0.15) is 18.1 Å². The standard InChI is InChI=1S/C49H35N/c1-33(31-50-32-41(23-22-34(50)2)43-21-11-15-37-13-5-6-16-42(37)43)35-24-27-38(28-25-35)48-44-17-7-9-19-46(44)49(47-20-10-8-18-45(47)48)40-29-26-36-12-3-4-14-39(36)30-40/h3-32H,2H2,1H3/b33-31+. The summed E-state index contributed by atoms with van der Waals surface area (Å²) >= 11 is 0. The first-order chi connectivity index (χ1) is 24.6. The minimum atomic E-state index is 0.939. The first kappa shape index (κ1) is 29.7. The van der Waals surface area contributed by atoms with E-state index in [1.165, 1.54) is 87.6 Å². The van der Waals surface area contributed by atoms with E-state index in [4.69, 9.17) is 0 Å². The van der Waals surface area contributed by atoms with Crippen LogP contribution in [0.3, 0.4) is 0 Å². The zero-order chi connectivity index (χ0) is 33.6. The first-order valence-corrected chi connectivity index (χ1v) is 17.2. The minimum Gasteiger partial charge on any atom is -0.324 e. The van der Waals surface area contributed by atoms with Gasteiger partial charge in [-0.3, -0.25) is 0 Å². The molecule has 1 aliphatic rings. The maximum absolute atomic E-state index is 4.34. The van der Waals surface area contributed by atoms with Crippen molar-refractivity contribution < 1.29 is 0 Å². The zero-order valence-corrected chi connectivity index (χ0v) is 28.0. The quantitative estimate of drug-likeness (QED) is 0.170. The molecule has 236 valence electrons. The SMILES string of the molecule is C=C1C=CC(c2cccc3ccccc23)=CN1/C=C(\C)c1ccc(-c2c3ccccc3c(-c3ccc4ccccc4c3)c3ccccc23)cc1. The molecule has 8 aromatic rings. The second-order valence-electron chi connectivity index (χ2n) is 13.1. The molecule has 0 radical (unpaired) electrons. The summed E-state index contributed by atoms with van der Waals surface area (Å²) in [4.78, 5) is 2.15. The van der Waals surface area contributed by atoms with E-state index in [9.17, 15) is 0 Å². The van der Waals surface area contributed by atoms with Crippen molar-refractivity contribution in [3.63, 3.8) is 0 Å². The fourth-order valence-corrected chi connectivity index (χ4v) is 7.58. The van der Waals surface area contributed by atoms with Gasteiger partial charge in [-0.2, -0.15) is 0 Å². The Morgan fingerprint density at radius 3 is 1.72 bits per heavy atom. The number of fused-ring (bicyclic) bond motifs is 4. The molecular formula is C49H35N. The molecule has 0 saturated carbocycles. The average molecular weight is 638 g/mol. The normalized spacial score (nSPS) is 13.5. The summed E-state index contributed by atoms with van der Waals surface area (Å²) in [7, 11) is 0. The third kappa shape index (κ3) is 5.12. The molecule has 1 nitrogen and oxygen atoms in total. The van der Waals surface area contributed by atoms with Gasteiger partial charge in [0.15, 0.2) is 0 Å². The maximum Gasteiger partial charge on any atom is 0.0378 e. The highest BCUT2D eigenvalue weighted by molar-refractivity contribution is 6.21. The Kier molecular flexibility index (Phi) is 7.25. The largest absolute Gasteiger partial charge is 0.324 e. The van der Waals surface area contributed by atoms with E-state index in [1.54, 1.807) is 0 Å². The molecular weight excluding hydrogens is 603 g/mol. The van der Waals surface area contributed by atoms with Crippen LogP contribution < -0.4 is 0 Å². The van der Waals surface area contributed by atoms with Crippen molar-refractivity contribution in [1.82, 2.24) is 4.90 Å². The van der Waals surface area contributed by atoms with Gasteiger partial charge < -0.3 is 4.90 Å². The predicted octanol–water partition coefficient (Wildman–Crippen LogP) is 13.4. The van der Waals surface area contributed by atoms with Crippen LogP contribution in [-0.4, -0.2) is 4.90 Å². The molecule has 0 saturated heterocycles. The van der Waals surface area contributed by atoms with Crippen LogP contribution in [0.15, 0.2) is 195 Å². The molecule has 0 aliphatic carbocycles. The molecule has 1 aliphatic heterocycles. The lowest BCUT2D eigenvalue weighted by Gasteiger charge is -2.23. The van der Waals surface area contributed by atoms with Crippen LogP contribution in [-0.2, 0) is 0 Å². The molecule has 0 unspecified atom stereocenters. The number of hydrogen-bond acceptors (Lipinski definition) is 1. The van der Waals surface area contributed by atoms with E-state index < -0.39 is 0 Å². The van der Waals surface area contributed by atoms with E-state index >= 15 is 0 Å². The summed E-state index contributed by atoms with van der Waals surface area (Å²) in [5, 5.41) is 10.1. The molecule has 0 bridgehead atoms. The lowest BCUT2D eigenvalue weighted by atomic mass is 9.85. The molecule has 0 atom stereocenters. The van der Waals surface area contributed by atoms with E-state index in [0.29, 0.717) is 0 Å². The smallest absolute Gasteiger partial charge is 0.0378 e. The first-order valence-electron chi connectivity index (χ1n) is 17.2. The highest BCUT2D eigenvalue weighted by Gasteiger charge is 2.17. The van der Waals surface area contributed by atoms with Crippen LogP contribution in [0.4, 0.5) is 0 Å². The van der Waals surface area contributed by atoms with Gasteiger partial charge in [0.05, 0.1) is 0 Å². The van der Waals surface area contributed by atoms with Gasteiger partial charge in [-0.15, -0.1) is 0 Å². The molecule has 1 heteroatoms. The fourth-order valence-electron chi connectivity index (χ4n) is 7.58. The lowest BCUT2D eigenvalue weighted by Crippen LogP contribution is -2.11. The molecule has 0 spiro atoms. The van der Waals surface area contributed by atoms with E-state index in [-0.39, 0.29) is 0 Å². The summed E-state index contributed by atoms with van der Waals surface area (Å²) in [6.45, 7) is 6.51. The van der Waals surface area contributed by atoms with E-state index in [0.717, 1.165) is 5.70 Å². The van der Waals surface area contributed by atoms with Crippen molar-refractivity contribution in [3.05, 3.63) is 206 Å². The van der Waals surface area contributed by atoms with Crippen molar-refractivity contribution in [2.24, 2.45) is 0 Å². The number of rotatable bonds is 5. The average Bonchev–Trinajstić information content (AvgIpc) is 3.17. The topological polar surface area (TPSA) is 3.24 Å². The van der Waals surface area contributed by atoms with Gasteiger partial charge in [-0.25, -0.2) is 0 Å². The third-order valence-electron chi connectivity index (χ3n) is 10.1. The second kappa shape index (κ2) is 12.2. The van der Waals surface area contributed by atoms with Gasteiger partial charge in [0.25, 0.3) is 0 Å². The Morgan fingerprint density at radius 2 is 1.04 bits per heavy atom. The highest BCUT2D eigenvalue weighted by Crippen LogP contribution is 2.44. The van der Waals surface area contributed by atoms with Gasteiger partial charge in [-0.1, -0.05) is 164 Å². The molecule has 50 heavy (non-hydrogen) atoms. The summed E-state index contributed by atoms with van der Waals surface area (Å²) in [6, 6.07) is 57.3. The molecule has 0 fully saturated rings. The summed E-state index contributed by atoms with van der Waals surface area (Å²) in [5.74, 6) is 0. The number of nitrogens with zero attached hydrogens (tertiary/aromatic N) is 1. The Morgan fingerprint density at radius 1 is 0.500 bits per heavy atom. The highest BCUT2D eigenvalue weighted by atomic mass is 15.1. The summed E-state index contributed by atoms with van der Waals surface area (Å²) in [6.07, 6.45) is 8.65. The van der Waals surface area contributed by atoms with Crippen molar-refractivity contribution in [1.29, 1.82) is 0 Å². The lowest BCUT2D eigenvalue weighted by molar-refractivity contribution is 0.653.